The van der Waals surface area contributed by atoms with E-state index in [-0.39, 0.29) is 23.5 Å². The Bertz CT molecular complexity index is 2050. The zero-order valence-electron chi connectivity index (χ0n) is 29.6. The van der Waals surface area contributed by atoms with Crippen LogP contribution in [-0.4, -0.2) is 60.2 Å². The van der Waals surface area contributed by atoms with Crippen LogP contribution < -0.4 is 4.74 Å². The fourth-order valence-electron chi connectivity index (χ4n) is 7.11. The van der Waals surface area contributed by atoms with Crippen LogP contribution in [-0.2, 0) is 34.9 Å². The van der Waals surface area contributed by atoms with Crippen molar-refractivity contribution in [2.24, 2.45) is 18.4 Å². The van der Waals surface area contributed by atoms with E-state index in [0.717, 1.165) is 42.2 Å². The number of aryl methyl sites for hydroxylation is 1. The first kappa shape index (κ1) is 34.8. The van der Waals surface area contributed by atoms with Crippen molar-refractivity contribution in [3.05, 3.63) is 89.3 Å². The molecule has 5 aromatic rings. The summed E-state index contributed by atoms with van der Waals surface area (Å²) in [6.07, 6.45) is 7.11. The fourth-order valence-corrected chi connectivity index (χ4v) is 7.11. The van der Waals surface area contributed by atoms with E-state index < -0.39 is 23.1 Å². The van der Waals surface area contributed by atoms with Crippen molar-refractivity contribution in [3.63, 3.8) is 0 Å². The largest absolute Gasteiger partial charge is 0.481 e. The zero-order valence-corrected chi connectivity index (χ0v) is 29.6. The first-order chi connectivity index (χ1) is 23.7. The standard InChI is InChI=1S/C39H45FN6O4/c1-24(36(48)49)18-25-10-9-11-26(19-25)39(4)15-8-7-14-38(2,3)23-45(5)33(47)21-29-28-13-17-41-31(28)22-30(40)34(29)50-27-12-16-42-32(20-27)35-43-37(39)44-46(35)6/h9-13,16-17,19-20,22,24,41H,7-8,14-15,18,21,23H2,1-6H3,(H,48,49)/t24-,39-/m1/s1. The van der Waals surface area contributed by atoms with E-state index in [9.17, 15) is 14.7 Å². The molecule has 11 heteroatoms. The molecule has 4 heterocycles. The summed E-state index contributed by atoms with van der Waals surface area (Å²) in [6.45, 7) is 8.72. The van der Waals surface area contributed by atoms with Gasteiger partial charge in [0, 0.05) is 61.6 Å². The van der Waals surface area contributed by atoms with Gasteiger partial charge in [0.2, 0.25) is 5.91 Å². The number of halogens is 1. The summed E-state index contributed by atoms with van der Waals surface area (Å²) in [7, 11) is 3.62. The van der Waals surface area contributed by atoms with Crippen LogP contribution in [0.15, 0.2) is 60.9 Å². The van der Waals surface area contributed by atoms with Crippen molar-refractivity contribution in [2.75, 3.05) is 13.6 Å². The van der Waals surface area contributed by atoms with Gasteiger partial charge in [-0.05, 0) is 54.9 Å². The highest BCUT2D eigenvalue weighted by Gasteiger charge is 2.35. The SMILES string of the molecule is C[C@H](Cc1cccc([C@@]2(C)CCCCC(C)(C)CN(C)C(=O)Cc3c(c(F)cc4[nH]ccc34)Oc3ccnc(c3)-c3nc2nn3C)c1)C(=O)O. The number of hydrogen-bond acceptors (Lipinski definition) is 6. The highest BCUT2D eigenvalue weighted by atomic mass is 19.1. The van der Waals surface area contributed by atoms with E-state index in [1.807, 2.05) is 25.2 Å². The first-order valence-electron chi connectivity index (χ1n) is 17.1. The van der Waals surface area contributed by atoms with Gasteiger partial charge in [-0.2, -0.15) is 5.10 Å². The molecular weight excluding hydrogens is 635 g/mol. The summed E-state index contributed by atoms with van der Waals surface area (Å²) >= 11 is 0. The van der Waals surface area contributed by atoms with Crippen molar-refractivity contribution in [3.8, 4) is 23.0 Å². The molecule has 50 heavy (non-hydrogen) atoms. The predicted octanol–water partition coefficient (Wildman–Crippen LogP) is 7.46. The molecule has 1 amide bonds. The quantitative estimate of drug-likeness (QED) is 0.202. The minimum absolute atomic E-state index is 0.00324. The molecule has 2 atom stereocenters. The summed E-state index contributed by atoms with van der Waals surface area (Å²) in [5.41, 5.74) is 2.73. The number of rotatable bonds is 4. The number of nitrogens with zero attached hydrogens (tertiary/aromatic N) is 5. The van der Waals surface area contributed by atoms with Crippen molar-refractivity contribution in [2.45, 2.75) is 71.6 Å². The molecule has 262 valence electrons. The molecule has 0 spiro atoms. The Morgan fingerprint density at radius 1 is 1.10 bits per heavy atom. The normalized spacial score (nSPS) is 19.2. The van der Waals surface area contributed by atoms with Gasteiger partial charge in [-0.25, -0.2) is 14.1 Å². The second kappa shape index (κ2) is 13.7. The molecule has 10 nitrogen and oxygen atoms in total. The lowest BCUT2D eigenvalue weighted by Crippen LogP contribution is -2.37. The van der Waals surface area contributed by atoms with Gasteiger partial charge in [-0.1, -0.05) is 57.9 Å². The van der Waals surface area contributed by atoms with E-state index in [1.54, 1.807) is 48.1 Å². The molecule has 0 saturated carbocycles. The maximum atomic E-state index is 15.8. The molecule has 2 N–H and O–H groups in total. The highest BCUT2D eigenvalue weighted by molar-refractivity contribution is 5.91. The summed E-state index contributed by atoms with van der Waals surface area (Å²) < 4.78 is 23.7. The summed E-state index contributed by atoms with van der Waals surface area (Å²) in [5.74, 6) is -0.567. The first-order valence-corrected chi connectivity index (χ1v) is 17.1. The average molecular weight is 681 g/mol. The third-order valence-electron chi connectivity index (χ3n) is 10.0. The molecule has 4 bridgehead atoms. The summed E-state index contributed by atoms with van der Waals surface area (Å²) in [5, 5.41) is 15.2. The van der Waals surface area contributed by atoms with Gasteiger partial charge in [-0.3, -0.25) is 14.6 Å². The maximum Gasteiger partial charge on any atom is 0.306 e. The van der Waals surface area contributed by atoms with E-state index >= 15 is 4.39 Å². The third kappa shape index (κ3) is 7.13. The smallest absolute Gasteiger partial charge is 0.306 e. The Morgan fingerprint density at radius 3 is 2.66 bits per heavy atom. The Balaban J connectivity index is 1.45. The number of carboxylic acids is 1. The molecule has 1 aliphatic heterocycles. The van der Waals surface area contributed by atoms with Gasteiger partial charge in [0.05, 0.1) is 17.8 Å². The molecule has 1 aliphatic rings. The second-order valence-electron chi connectivity index (χ2n) is 14.7. The minimum Gasteiger partial charge on any atom is -0.481 e. The number of likely N-dealkylation sites (N-methyl/N-ethyl adjacent to an activating group) is 1. The number of pyridine rings is 1. The van der Waals surface area contributed by atoms with Crippen LogP contribution in [0.1, 0.15) is 75.9 Å². The number of hydrogen-bond donors (Lipinski definition) is 2. The molecular formula is C39H45FN6O4. The fraction of sp³-hybridized carbons (Fsp3) is 0.410. The van der Waals surface area contributed by atoms with Crippen LogP contribution >= 0.6 is 0 Å². The van der Waals surface area contributed by atoms with Gasteiger partial charge in [0.25, 0.3) is 0 Å². The number of amides is 1. The van der Waals surface area contributed by atoms with Gasteiger partial charge in [0.15, 0.2) is 23.2 Å². The Kier molecular flexibility index (Phi) is 9.52. The molecule has 6 rings (SSSR count). The van der Waals surface area contributed by atoms with Crippen LogP contribution in [0, 0.1) is 17.2 Å². The van der Waals surface area contributed by atoms with E-state index in [4.69, 9.17) is 14.8 Å². The Labute approximate surface area is 291 Å². The topological polar surface area (TPSA) is 126 Å². The second-order valence-corrected chi connectivity index (χ2v) is 14.7. The van der Waals surface area contributed by atoms with Crippen molar-refractivity contribution < 1.29 is 23.8 Å². The van der Waals surface area contributed by atoms with Gasteiger partial charge in [-0.15, -0.1) is 0 Å². The number of aromatic nitrogens is 5. The van der Waals surface area contributed by atoms with Gasteiger partial charge >= 0.3 is 5.97 Å². The summed E-state index contributed by atoms with van der Waals surface area (Å²) in [4.78, 5) is 39.8. The molecule has 2 aromatic carbocycles. The molecule has 3 aromatic heterocycles. The van der Waals surface area contributed by atoms with Crippen LogP contribution in [0.4, 0.5) is 4.39 Å². The number of nitrogens with one attached hydrogen (secondary N) is 1. The predicted molar refractivity (Wildman–Crippen MR) is 190 cm³/mol. The lowest BCUT2D eigenvalue weighted by Gasteiger charge is -2.32. The van der Waals surface area contributed by atoms with E-state index in [2.05, 4.69) is 42.9 Å². The van der Waals surface area contributed by atoms with Crippen molar-refractivity contribution in [1.29, 1.82) is 0 Å². The number of aliphatic carboxylic acids is 1. The highest BCUT2D eigenvalue weighted by Crippen LogP contribution is 2.39. The summed E-state index contributed by atoms with van der Waals surface area (Å²) in [6, 6.07) is 14.6. The maximum absolute atomic E-state index is 15.8. The van der Waals surface area contributed by atoms with Crippen molar-refractivity contribution >= 4 is 22.8 Å². The van der Waals surface area contributed by atoms with Crippen LogP contribution in [0.3, 0.4) is 0 Å². The number of H-pyrrole nitrogens is 1. The van der Waals surface area contributed by atoms with Crippen LogP contribution in [0.2, 0.25) is 0 Å². The van der Waals surface area contributed by atoms with E-state index in [0.29, 0.717) is 47.1 Å². The number of aromatic amines is 1. The Morgan fingerprint density at radius 2 is 1.88 bits per heavy atom. The number of fused-ring (bicyclic) bond motifs is 8. The minimum atomic E-state index is -0.831. The number of carboxylic acid groups (broad SMARTS) is 1. The van der Waals surface area contributed by atoms with E-state index in [1.165, 1.54) is 6.07 Å². The lowest BCUT2D eigenvalue weighted by molar-refractivity contribution is -0.141. The number of benzene rings is 2. The third-order valence-corrected chi connectivity index (χ3v) is 10.0. The molecule has 0 aliphatic carbocycles. The number of carbonyl (C=O) groups excluding carboxylic acids is 1. The van der Waals surface area contributed by atoms with Gasteiger partial charge < -0.3 is 19.7 Å². The molecule has 0 radical (unpaired) electrons. The molecule has 0 saturated heterocycles. The molecule has 0 unspecified atom stereocenters. The van der Waals surface area contributed by atoms with Crippen LogP contribution in [0.25, 0.3) is 22.4 Å². The van der Waals surface area contributed by atoms with Gasteiger partial charge in [0.1, 0.15) is 11.4 Å². The molecule has 0 fully saturated rings. The average Bonchev–Trinajstić information content (AvgIpc) is 3.70. The van der Waals surface area contributed by atoms with Crippen molar-refractivity contribution in [1.82, 2.24) is 29.6 Å². The van der Waals surface area contributed by atoms with Crippen LogP contribution in [0.5, 0.6) is 11.5 Å². The number of ether oxygens (including phenoxy) is 1. The zero-order chi connectivity index (χ0) is 35.8. The number of carbonyl (C=O) groups is 2. The Hall–Kier alpha value is -5.06. The monoisotopic (exact) mass is 680 g/mol. The lowest BCUT2D eigenvalue weighted by atomic mass is 9.75.